The highest BCUT2D eigenvalue weighted by atomic mass is 16.2. The predicted octanol–water partition coefficient (Wildman–Crippen LogP) is -0.0804. The quantitative estimate of drug-likeness (QED) is 0.763. The van der Waals surface area contributed by atoms with Gasteiger partial charge < -0.3 is 16.4 Å². The van der Waals surface area contributed by atoms with Crippen LogP contribution in [0.25, 0.3) is 0 Å². The molecule has 0 atom stereocenters. The Kier molecular flexibility index (Phi) is 4.03. The van der Waals surface area contributed by atoms with Crippen molar-refractivity contribution in [3.63, 3.8) is 0 Å². The number of aryl methyl sites for hydroxylation is 1. The monoisotopic (exact) mass is 236 g/mol. The van der Waals surface area contributed by atoms with Gasteiger partial charge in [0, 0.05) is 6.54 Å². The van der Waals surface area contributed by atoms with Crippen LogP contribution in [0.4, 0.5) is 5.69 Å². The number of anilines is 1. The molecule has 2 amide bonds. The molecule has 17 heavy (non-hydrogen) atoms. The topological polar surface area (TPSA) is 102 Å². The molecular formula is C11H16N4O2. The summed E-state index contributed by atoms with van der Waals surface area (Å²) < 4.78 is 0. The number of carbonyl (C=O) groups is 2. The van der Waals surface area contributed by atoms with Crippen LogP contribution >= 0.6 is 0 Å². The Hall–Kier alpha value is -2.11. The summed E-state index contributed by atoms with van der Waals surface area (Å²) in [6.07, 6.45) is 1.48. The van der Waals surface area contributed by atoms with Crippen molar-refractivity contribution in [3.05, 3.63) is 23.5 Å². The molecule has 0 saturated carbocycles. The van der Waals surface area contributed by atoms with E-state index >= 15 is 0 Å². The van der Waals surface area contributed by atoms with Gasteiger partial charge in [-0.25, -0.2) is 0 Å². The average Bonchev–Trinajstić information content (AvgIpc) is 2.28. The van der Waals surface area contributed by atoms with Crippen LogP contribution in [-0.4, -0.2) is 34.8 Å². The number of likely N-dealkylation sites (N-methyl/N-ethyl adjacent to an activating group) is 1. The zero-order valence-corrected chi connectivity index (χ0v) is 9.93. The Bertz CT molecular complexity index is 445. The Morgan fingerprint density at radius 1 is 1.47 bits per heavy atom. The van der Waals surface area contributed by atoms with Gasteiger partial charge in [0.15, 0.2) is 0 Å². The molecule has 0 spiro atoms. The van der Waals surface area contributed by atoms with Gasteiger partial charge in [0.25, 0.3) is 5.91 Å². The van der Waals surface area contributed by atoms with Crippen LogP contribution in [0.15, 0.2) is 12.3 Å². The van der Waals surface area contributed by atoms with E-state index in [4.69, 9.17) is 11.5 Å². The maximum Gasteiger partial charge on any atom is 0.256 e. The van der Waals surface area contributed by atoms with Gasteiger partial charge in [0.05, 0.1) is 29.7 Å². The number of nitrogens with zero attached hydrogens (tertiary/aromatic N) is 2. The molecule has 0 fully saturated rings. The Balaban J connectivity index is 3.01. The van der Waals surface area contributed by atoms with Crippen molar-refractivity contribution in [3.8, 4) is 0 Å². The summed E-state index contributed by atoms with van der Waals surface area (Å²) in [6, 6.07) is 1.55. The number of hydrogen-bond acceptors (Lipinski definition) is 4. The summed E-state index contributed by atoms with van der Waals surface area (Å²) >= 11 is 0. The third-order valence-corrected chi connectivity index (χ3v) is 2.35. The number of nitrogens with two attached hydrogens (primary N) is 2. The van der Waals surface area contributed by atoms with E-state index in [1.165, 1.54) is 11.1 Å². The SMILES string of the molecule is CCN(CC(N)=O)C(=O)c1cc(N)cnc1C. The molecule has 1 rings (SSSR count). The fourth-order valence-electron chi connectivity index (χ4n) is 1.45. The molecule has 1 heterocycles. The zero-order valence-electron chi connectivity index (χ0n) is 9.93. The van der Waals surface area contributed by atoms with Crippen LogP contribution in [0.5, 0.6) is 0 Å². The van der Waals surface area contributed by atoms with Crippen LogP contribution in [0.1, 0.15) is 23.0 Å². The van der Waals surface area contributed by atoms with Crippen molar-refractivity contribution in [2.24, 2.45) is 5.73 Å². The van der Waals surface area contributed by atoms with E-state index in [0.29, 0.717) is 23.5 Å². The minimum absolute atomic E-state index is 0.108. The average molecular weight is 236 g/mol. The van der Waals surface area contributed by atoms with Gasteiger partial charge in [-0.05, 0) is 19.9 Å². The summed E-state index contributed by atoms with van der Waals surface area (Å²) in [5.41, 5.74) is 12.0. The molecule has 6 heteroatoms. The van der Waals surface area contributed by atoms with Crippen molar-refractivity contribution in [2.45, 2.75) is 13.8 Å². The molecule has 0 aromatic carbocycles. The van der Waals surface area contributed by atoms with Crippen LogP contribution in [0.2, 0.25) is 0 Å². The largest absolute Gasteiger partial charge is 0.397 e. The molecule has 0 aliphatic rings. The predicted molar refractivity (Wildman–Crippen MR) is 64.2 cm³/mol. The first kappa shape index (κ1) is 13.0. The van der Waals surface area contributed by atoms with E-state index in [1.807, 2.05) is 0 Å². The second-order valence-electron chi connectivity index (χ2n) is 3.69. The fraction of sp³-hybridized carbons (Fsp3) is 0.364. The van der Waals surface area contributed by atoms with E-state index in [9.17, 15) is 9.59 Å². The van der Waals surface area contributed by atoms with Gasteiger partial charge in [0.1, 0.15) is 0 Å². The molecule has 92 valence electrons. The normalized spacial score (nSPS) is 10.0. The molecule has 0 saturated heterocycles. The summed E-state index contributed by atoms with van der Waals surface area (Å²) in [5.74, 6) is -0.835. The second-order valence-corrected chi connectivity index (χ2v) is 3.69. The lowest BCUT2D eigenvalue weighted by Crippen LogP contribution is -2.38. The highest BCUT2D eigenvalue weighted by Crippen LogP contribution is 2.12. The number of amides is 2. The van der Waals surface area contributed by atoms with E-state index in [-0.39, 0.29) is 12.5 Å². The molecule has 1 aromatic rings. The van der Waals surface area contributed by atoms with Gasteiger partial charge in [-0.15, -0.1) is 0 Å². The molecule has 6 nitrogen and oxygen atoms in total. The third-order valence-electron chi connectivity index (χ3n) is 2.35. The summed E-state index contributed by atoms with van der Waals surface area (Å²) in [4.78, 5) is 28.3. The molecule has 1 aromatic heterocycles. The standard InChI is InChI=1S/C11H16N4O2/c1-3-15(6-10(13)16)11(17)9-4-8(12)5-14-7(9)2/h4-5H,3,6,12H2,1-2H3,(H2,13,16). The third kappa shape index (κ3) is 3.17. The van der Waals surface area contributed by atoms with Crippen molar-refractivity contribution < 1.29 is 9.59 Å². The summed E-state index contributed by atoms with van der Waals surface area (Å²) in [6.45, 7) is 3.78. The van der Waals surface area contributed by atoms with E-state index < -0.39 is 5.91 Å². The molecule has 4 N–H and O–H groups in total. The van der Waals surface area contributed by atoms with Crippen LogP contribution < -0.4 is 11.5 Å². The molecular weight excluding hydrogens is 220 g/mol. The number of nitrogen functional groups attached to an aromatic ring is 1. The van der Waals surface area contributed by atoms with E-state index in [2.05, 4.69) is 4.98 Å². The van der Waals surface area contributed by atoms with Crippen LogP contribution in [0, 0.1) is 6.92 Å². The highest BCUT2D eigenvalue weighted by molar-refractivity contribution is 5.97. The molecule has 0 aliphatic heterocycles. The van der Waals surface area contributed by atoms with Gasteiger partial charge in [-0.2, -0.15) is 0 Å². The maximum absolute atomic E-state index is 12.1. The first-order valence-electron chi connectivity index (χ1n) is 5.25. The molecule has 0 unspecified atom stereocenters. The number of hydrogen-bond donors (Lipinski definition) is 2. The van der Waals surface area contributed by atoms with E-state index in [1.54, 1.807) is 19.9 Å². The van der Waals surface area contributed by atoms with Gasteiger partial charge >= 0.3 is 0 Å². The smallest absolute Gasteiger partial charge is 0.256 e. The lowest BCUT2D eigenvalue weighted by molar-refractivity contribution is -0.118. The van der Waals surface area contributed by atoms with E-state index in [0.717, 1.165) is 0 Å². The first-order valence-corrected chi connectivity index (χ1v) is 5.25. The van der Waals surface area contributed by atoms with Crippen molar-refractivity contribution in [2.75, 3.05) is 18.8 Å². The number of carbonyl (C=O) groups excluding carboxylic acids is 2. The lowest BCUT2D eigenvalue weighted by atomic mass is 10.1. The number of aromatic nitrogens is 1. The lowest BCUT2D eigenvalue weighted by Gasteiger charge is -2.19. The van der Waals surface area contributed by atoms with Crippen molar-refractivity contribution in [1.29, 1.82) is 0 Å². The zero-order chi connectivity index (χ0) is 13.0. The fourth-order valence-corrected chi connectivity index (χ4v) is 1.45. The molecule has 0 aliphatic carbocycles. The van der Waals surface area contributed by atoms with Crippen molar-refractivity contribution >= 4 is 17.5 Å². The number of pyridine rings is 1. The minimum Gasteiger partial charge on any atom is -0.397 e. The Labute approximate surface area is 99.6 Å². The minimum atomic E-state index is -0.547. The summed E-state index contributed by atoms with van der Waals surface area (Å²) in [7, 11) is 0. The first-order chi connectivity index (χ1) is 7.95. The van der Waals surface area contributed by atoms with Crippen LogP contribution in [-0.2, 0) is 4.79 Å². The number of primary amides is 1. The van der Waals surface area contributed by atoms with Gasteiger partial charge in [-0.3, -0.25) is 14.6 Å². The Morgan fingerprint density at radius 2 is 2.12 bits per heavy atom. The van der Waals surface area contributed by atoms with Gasteiger partial charge in [-0.1, -0.05) is 0 Å². The van der Waals surface area contributed by atoms with Crippen LogP contribution in [0.3, 0.4) is 0 Å². The summed E-state index contributed by atoms with van der Waals surface area (Å²) in [5, 5.41) is 0. The maximum atomic E-state index is 12.1. The Morgan fingerprint density at radius 3 is 2.65 bits per heavy atom. The molecule has 0 bridgehead atoms. The molecule has 0 radical (unpaired) electrons. The van der Waals surface area contributed by atoms with Gasteiger partial charge in [0.2, 0.25) is 5.91 Å². The second kappa shape index (κ2) is 5.29. The highest BCUT2D eigenvalue weighted by Gasteiger charge is 2.18. The number of rotatable bonds is 4. The van der Waals surface area contributed by atoms with Crippen molar-refractivity contribution in [1.82, 2.24) is 9.88 Å².